The lowest BCUT2D eigenvalue weighted by molar-refractivity contribution is 0.414. The van der Waals surface area contributed by atoms with Crippen LogP contribution >= 0.6 is 11.3 Å². The predicted molar refractivity (Wildman–Crippen MR) is 96.5 cm³/mol. The summed E-state index contributed by atoms with van der Waals surface area (Å²) in [6, 6.07) is 10.3. The van der Waals surface area contributed by atoms with Crippen LogP contribution in [-0.2, 0) is 6.54 Å². The van der Waals surface area contributed by atoms with Crippen LogP contribution < -0.4 is 15.4 Å². The molecule has 0 aliphatic rings. The van der Waals surface area contributed by atoms with Gasteiger partial charge in [-0.1, -0.05) is 12.1 Å². The average Bonchev–Trinajstić information content (AvgIpc) is 3.01. The number of hydrogen-bond acceptors (Lipinski definition) is 6. The quantitative estimate of drug-likeness (QED) is 0.712. The molecule has 2 N–H and O–H groups in total. The van der Waals surface area contributed by atoms with Gasteiger partial charge in [0.1, 0.15) is 11.6 Å². The molecule has 2 heterocycles. The molecule has 5 nitrogen and oxygen atoms in total. The number of rotatable bonds is 6. The van der Waals surface area contributed by atoms with Crippen molar-refractivity contribution >= 4 is 33.3 Å². The van der Waals surface area contributed by atoms with Gasteiger partial charge in [0.15, 0.2) is 0 Å². The molecule has 3 aromatic rings. The number of thiophene rings is 1. The van der Waals surface area contributed by atoms with Crippen molar-refractivity contribution in [2.45, 2.75) is 26.4 Å². The van der Waals surface area contributed by atoms with Crippen LogP contribution in [0.4, 0.5) is 11.8 Å². The lowest BCUT2D eigenvalue weighted by Gasteiger charge is -2.12. The second-order valence-corrected chi connectivity index (χ2v) is 6.45. The van der Waals surface area contributed by atoms with Crippen LogP contribution in [0.5, 0.6) is 5.75 Å². The van der Waals surface area contributed by atoms with Crippen molar-refractivity contribution < 1.29 is 4.74 Å². The fourth-order valence-corrected chi connectivity index (χ4v) is 3.03. The van der Waals surface area contributed by atoms with Gasteiger partial charge >= 0.3 is 0 Å². The molecule has 23 heavy (non-hydrogen) atoms. The fourth-order valence-electron chi connectivity index (χ4n) is 2.24. The summed E-state index contributed by atoms with van der Waals surface area (Å²) in [6.07, 6.45) is 0. The van der Waals surface area contributed by atoms with Gasteiger partial charge in [0.05, 0.1) is 17.3 Å². The zero-order chi connectivity index (χ0) is 16.2. The number of fused-ring (bicyclic) bond motifs is 1. The molecule has 0 aliphatic heterocycles. The Labute approximate surface area is 139 Å². The number of benzene rings is 1. The molecule has 3 rings (SSSR count). The molecule has 0 atom stereocenters. The minimum absolute atomic E-state index is 0.292. The van der Waals surface area contributed by atoms with Gasteiger partial charge < -0.3 is 15.4 Å². The highest BCUT2D eigenvalue weighted by Gasteiger charge is 2.09. The van der Waals surface area contributed by atoms with Crippen molar-refractivity contribution in [1.29, 1.82) is 0 Å². The van der Waals surface area contributed by atoms with Gasteiger partial charge in [-0.2, -0.15) is 4.98 Å². The Hall–Kier alpha value is -2.34. The first-order valence-electron chi connectivity index (χ1n) is 7.54. The van der Waals surface area contributed by atoms with Crippen LogP contribution in [0.3, 0.4) is 0 Å². The lowest BCUT2D eigenvalue weighted by atomic mass is 10.2. The Balaban J connectivity index is 1.81. The number of nitrogens with one attached hydrogen (secondary N) is 2. The van der Waals surface area contributed by atoms with Crippen molar-refractivity contribution in [3.05, 3.63) is 41.3 Å². The van der Waals surface area contributed by atoms with E-state index in [1.165, 1.54) is 5.56 Å². The average molecular weight is 328 g/mol. The SMILES string of the molecule is COc1ccc(CNc2nc(NC(C)C)nc3ccsc23)cc1. The topological polar surface area (TPSA) is 59.1 Å². The van der Waals surface area contributed by atoms with Crippen molar-refractivity contribution in [3.63, 3.8) is 0 Å². The van der Waals surface area contributed by atoms with E-state index in [0.717, 1.165) is 21.8 Å². The molecule has 1 aromatic carbocycles. The first-order valence-corrected chi connectivity index (χ1v) is 8.42. The molecule has 6 heteroatoms. The van der Waals surface area contributed by atoms with Crippen LogP contribution in [0.1, 0.15) is 19.4 Å². The van der Waals surface area contributed by atoms with Gasteiger partial charge in [0.2, 0.25) is 5.95 Å². The number of nitrogens with zero attached hydrogens (tertiary/aromatic N) is 2. The summed E-state index contributed by atoms with van der Waals surface area (Å²) in [4.78, 5) is 9.16. The molecule has 0 saturated carbocycles. The van der Waals surface area contributed by atoms with Gasteiger partial charge in [-0.25, -0.2) is 4.98 Å². The molecule has 0 fully saturated rings. The Morgan fingerprint density at radius 3 is 2.61 bits per heavy atom. The van der Waals surface area contributed by atoms with Crippen molar-refractivity contribution in [3.8, 4) is 5.75 Å². The first-order chi connectivity index (χ1) is 11.2. The highest BCUT2D eigenvalue weighted by atomic mass is 32.1. The Morgan fingerprint density at radius 2 is 1.91 bits per heavy atom. The third-order valence-corrected chi connectivity index (χ3v) is 4.25. The van der Waals surface area contributed by atoms with Crippen LogP contribution in [0, 0.1) is 0 Å². The maximum Gasteiger partial charge on any atom is 0.225 e. The van der Waals surface area contributed by atoms with E-state index in [-0.39, 0.29) is 0 Å². The largest absolute Gasteiger partial charge is 0.497 e. The summed E-state index contributed by atoms with van der Waals surface area (Å²) in [5, 5.41) is 8.72. The first kappa shape index (κ1) is 15.6. The molecular weight excluding hydrogens is 308 g/mol. The number of hydrogen-bond donors (Lipinski definition) is 2. The summed E-state index contributed by atoms with van der Waals surface area (Å²) in [5.41, 5.74) is 2.14. The number of anilines is 2. The molecule has 0 radical (unpaired) electrons. The van der Waals surface area contributed by atoms with Crippen molar-refractivity contribution in [1.82, 2.24) is 9.97 Å². The van der Waals surface area contributed by atoms with Crippen LogP contribution in [-0.4, -0.2) is 23.1 Å². The third-order valence-electron chi connectivity index (χ3n) is 3.34. The van der Waals surface area contributed by atoms with Gasteiger partial charge in [0, 0.05) is 12.6 Å². The standard InChI is InChI=1S/C17H20N4OS/c1-11(2)19-17-20-14-8-9-23-15(14)16(21-17)18-10-12-4-6-13(22-3)7-5-12/h4-9,11H,10H2,1-3H3,(H2,18,19,20,21). The zero-order valence-electron chi connectivity index (χ0n) is 13.5. The van der Waals surface area contributed by atoms with Crippen LogP contribution in [0.15, 0.2) is 35.7 Å². The predicted octanol–water partition coefficient (Wildman–Crippen LogP) is 4.13. The van der Waals surface area contributed by atoms with Crippen molar-refractivity contribution in [2.75, 3.05) is 17.7 Å². The van der Waals surface area contributed by atoms with E-state index < -0.39 is 0 Å². The van der Waals surface area contributed by atoms with Gasteiger partial charge in [0.25, 0.3) is 0 Å². The smallest absolute Gasteiger partial charge is 0.225 e. The molecule has 0 bridgehead atoms. The Morgan fingerprint density at radius 1 is 1.13 bits per heavy atom. The molecular formula is C17H20N4OS. The van der Waals surface area contributed by atoms with Crippen molar-refractivity contribution in [2.24, 2.45) is 0 Å². The number of methoxy groups -OCH3 is 1. The minimum atomic E-state index is 0.292. The van der Waals surface area contributed by atoms with E-state index >= 15 is 0 Å². The van der Waals surface area contributed by atoms with Crippen LogP contribution in [0.25, 0.3) is 10.2 Å². The summed E-state index contributed by atoms with van der Waals surface area (Å²) >= 11 is 1.65. The van der Waals surface area contributed by atoms with Crippen LogP contribution in [0.2, 0.25) is 0 Å². The number of ether oxygens (including phenoxy) is 1. The lowest BCUT2D eigenvalue weighted by Crippen LogP contribution is -2.13. The molecule has 0 saturated heterocycles. The maximum atomic E-state index is 5.18. The number of aromatic nitrogens is 2. The molecule has 0 unspecified atom stereocenters. The highest BCUT2D eigenvalue weighted by Crippen LogP contribution is 2.28. The normalized spacial score (nSPS) is 11.0. The minimum Gasteiger partial charge on any atom is -0.497 e. The third kappa shape index (κ3) is 3.71. The summed E-state index contributed by atoms with van der Waals surface area (Å²) in [5.74, 6) is 2.38. The summed E-state index contributed by atoms with van der Waals surface area (Å²) < 4.78 is 6.26. The van der Waals surface area contributed by atoms with Gasteiger partial charge in [-0.15, -0.1) is 11.3 Å². The zero-order valence-corrected chi connectivity index (χ0v) is 14.3. The monoisotopic (exact) mass is 328 g/mol. The van der Waals surface area contributed by atoms with E-state index in [0.29, 0.717) is 18.5 Å². The molecule has 0 spiro atoms. The fraction of sp³-hybridized carbons (Fsp3) is 0.294. The second kappa shape index (κ2) is 6.83. The summed E-state index contributed by atoms with van der Waals surface area (Å²) in [7, 11) is 1.67. The molecule has 0 amide bonds. The van der Waals surface area contributed by atoms with E-state index in [2.05, 4.69) is 34.4 Å². The van der Waals surface area contributed by atoms with E-state index in [1.54, 1.807) is 18.4 Å². The van der Waals surface area contributed by atoms with E-state index in [4.69, 9.17) is 4.74 Å². The van der Waals surface area contributed by atoms with E-state index in [1.807, 2.05) is 35.7 Å². The second-order valence-electron chi connectivity index (χ2n) is 5.53. The van der Waals surface area contributed by atoms with Gasteiger partial charge in [-0.3, -0.25) is 0 Å². The molecule has 0 aliphatic carbocycles. The Kier molecular flexibility index (Phi) is 4.62. The van der Waals surface area contributed by atoms with E-state index in [9.17, 15) is 0 Å². The molecule has 120 valence electrons. The Bertz CT molecular complexity index is 783. The van der Waals surface area contributed by atoms with Gasteiger partial charge in [-0.05, 0) is 43.0 Å². The highest BCUT2D eigenvalue weighted by molar-refractivity contribution is 7.17. The summed E-state index contributed by atoms with van der Waals surface area (Å²) in [6.45, 7) is 4.85. The molecule has 2 aromatic heterocycles. The maximum absolute atomic E-state index is 5.18.